The second kappa shape index (κ2) is 7.45. The Bertz CT molecular complexity index is 363. The van der Waals surface area contributed by atoms with Gasteiger partial charge in [0, 0.05) is 18.2 Å². The molecule has 1 aliphatic rings. The fourth-order valence-corrected chi connectivity index (χ4v) is 4.37. The van der Waals surface area contributed by atoms with Gasteiger partial charge in [0.05, 0.1) is 24.9 Å². The van der Waals surface area contributed by atoms with Crippen molar-refractivity contribution in [3.63, 3.8) is 0 Å². The van der Waals surface area contributed by atoms with Gasteiger partial charge in [-0.25, -0.2) is 0 Å². The lowest BCUT2D eigenvalue weighted by molar-refractivity contribution is -0.199. The minimum Gasteiger partial charge on any atom is -0.394 e. The van der Waals surface area contributed by atoms with E-state index in [0.717, 1.165) is 0 Å². The first kappa shape index (κ1) is 19.0. The topological polar surface area (TPSA) is 179 Å². The Hall–Kier alpha value is -0.0900. The van der Waals surface area contributed by atoms with E-state index in [9.17, 15) is 35.0 Å². The predicted octanol–water partition coefficient (Wildman–Crippen LogP) is -3.57. The second-order valence-corrected chi connectivity index (χ2v) is 8.00. The van der Waals surface area contributed by atoms with E-state index in [1.54, 1.807) is 0 Å². The smallest absolute Gasteiger partial charge is 0.201 e. The maximum Gasteiger partial charge on any atom is 0.201 e. The van der Waals surface area contributed by atoms with Crippen LogP contribution in [0, 0.1) is 5.92 Å². The molecule has 0 aliphatic heterocycles. The minimum absolute atomic E-state index is 0.142. The van der Waals surface area contributed by atoms with Gasteiger partial charge in [0.2, 0.25) is 7.37 Å². The van der Waals surface area contributed by atoms with Crippen LogP contribution in [-0.2, 0) is 4.57 Å². The molecule has 0 bridgehead atoms. The molecule has 1 aliphatic carbocycles. The van der Waals surface area contributed by atoms with E-state index in [2.05, 4.69) is 0 Å². The monoisotopic (exact) mass is 330 g/mol. The molecule has 0 aromatic rings. The number of hydrogen-bond donors (Lipinski definition) is 8. The molecule has 9 nitrogen and oxygen atoms in total. The van der Waals surface area contributed by atoms with Crippen LogP contribution < -0.4 is 0 Å². The molecule has 8 atom stereocenters. The molecule has 0 spiro atoms. The summed E-state index contributed by atoms with van der Waals surface area (Å²) < 4.78 is 12.0. The van der Waals surface area contributed by atoms with Crippen molar-refractivity contribution in [1.29, 1.82) is 0 Å². The van der Waals surface area contributed by atoms with Gasteiger partial charge in [0.15, 0.2) is 0 Å². The molecule has 10 heteroatoms. The molecule has 8 N–H and O–H groups in total. The third-order valence-electron chi connectivity index (χ3n) is 3.80. The van der Waals surface area contributed by atoms with Crippen LogP contribution in [0.5, 0.6) is 0 Å². The summed E-state index contributed by atoms with van der Waals surface area (Å²) in [5.41, 5.74) is 0. The normalized spacial score (nSPS) is 41.5. The Kier molecular flexibility index (Phi) is 6.73. The summed E-state index contributed by atoms with van der Waals surface area (Å²) in [5.74, 6) is -1.29. The van der Waals surface area contributed by atoms with E-state index in [1.165, 1.54) is 0 Å². The molecule has 1 saturated carbocycles. The molecule has 0 saturated heterocycles. The first-order chi connectivity index (χ1) is 9.60. The van der Waals surface area contributed by atoms with E-state index in [-0.39, 0.29) is 12.6 Å². The number of hydrogen-bond acceptors (Lipinski definition) is 8. The van der Waals surface area contributed by atoms with Crippen LogP contribution in [0.2, 0.25) is 0 Å². The van der Waals surface area contributed by atoms with Crippen LogP contribution in [0.15, 0.2) is 0 Å². The summed E-state index contributed by atoms with van der Waals surface area (Å²) in [4.78, 5) is 9.80. The van der Waals surface area contributed by atoms with E-state index in [0.29, 0.717) is 0 Å². The largest absolute Gasteiger partial charge is 0.394 e. The van der Waals surface area contributed by atoms with Gasteiger partial charge in [-0.1, -0.05) is 0 Å². The van der Waals surface area contributed by atoms with Gasteiger partial charge in [0.25, 0.3) is 0 Å². The summed E-state index contributed by atoms with van der Waals surface area (Å²) in [5, 5.41) is 65.8. The minimum atomic E-state index is -3.87. The Morgan fingerprint density at radius 1 is 0.905 bits per heavy atom. The zero-order valence-electron chi connectivity index (χ0n) is 11.3. The van der Waals surface area contributed by atoms with Crippen molar-refractivity contribution >= 4 is 7.37 Å². The van der Waals surface area contributed by atoms with E-state index in [1.807, 2.05) is 0 Å². The number of rotatable bonds is 6. The molecule has 126 valence electrons. The number of aliphatic hydroxyl groups excluding tert-OH is 7. The van der Waals surface area contributed by atoms with Gasteiger partial charge < -0.3 is 40.6 Å². The maximum atomic E-state index is 12.0. The van der Waals surface area contributed by atoms with Crippen molar-refractivity contribution in [2.24, 2.45) is 5.92 Å². The summed E-state index contributed by atoms with van der Waals surface area (Å²) >= 11 is 0. The van der Waals surface area contributed by atoms with E-state index < -0.39 is 62.7 Å². The zero-order chi connectivity index (χ0) is 16.4. The van der Waals surface area contributed by atoms with Crippen LogP contribution in [0.4, 0.5) is 0 Å². The van der Waals surface area contributed by atoms with Crippen molar-refractivity contribution in [3.8, 4) is 0 Å². The summed E-state index contributed by atoms with van der Waals surface area (Å²) in [6, 6.07) is 0. The molecule has 21 heavy (non-hydrogen) atoms. The fourth-order valence-electron chi connectivity index (χ4n) is 2.39. The lowest BCUT2D eigenvalue weighted by atomic mass is 9.79. The van der Waals surface area contributed by atoms with Crippen molar-refractivity contribution in [2.45, 2.75) is 43.0 Å². The highest BCUT2D eigenvalue weighted by Crippen LogP contribution is 2.46. The lowest BCUT2D eigenvalue weighted by Gasteiger charge is -2.42. The van der Waals surface area contributed by atoms with Crippen molar-refractivity contribution in [3.05, 3.63) is 0 Å². The average Bonchev–Trinajstić information content (AvgIpc) is 2.45. The van der Waals surface area contributed by atoms with Gasteiger partial charge >= 0.3 is 0 Å². The van der Waals surface area contributed by atoms with Gasteiger partial charge in [0.1, 0.15) is 18.3 Å². The molecule has 1 rings (SSSR count). The molecule has 0 radical (unpaired) electrons. The van der Waals surface area contributed by atoms with Crippen molar-refractivity contribution in [1.82, 2.24) is 0 Å². The van der Waals surface area contributed by atoms with Gasteiger partial charge in [-0.05, 0) is 6.42 Å². The summed E-state index contributed by atoms with van der Waals surface area (Å²) in [6.45, 7) is -0.557. The summed E-state index contributed by atoms with van der Waals surface area (Å²) in [6.07, 6.45) is -10.8. The van der Waals surface area contributed by atoms with Crippen LogP contribution in [0.25, 0.3) is 0 Å². The third kappa shape index (κ3) is 4.69. The Morgan fingerprint density at radius 2 is 1.33 bits per heavy atom. The Balaban J connectivity index is 2.72. The Labute approximate surface area is 121 Å². The molecular weight excluding hydrogens is 307 g/mol. The second-order valence-electron chi connectivity index (χ2n) is 5.49. The van der Waals surface area contributed by atoms with Crippen LogP contribution in [-0.4, -0.2) is 96.2 Å². The average molecular weight is 330 g/mol. The third-order valence-corrected chi connectivity index (χ3v) is 5.74. The van der Waals surface area contributed by atoms with Gasteiger partial charge in [-0.15, -0.1) is 0 Å². The quantitative estimate of drug-likeness (QED) is 0.229. The molecule has 1 fully saturated rings. The maximum absolute atomic E-state index is 12.0. The van der Waals surface area contributed by atoms with Gasteiger partial charge in [-0.2, -0.15) is 0 Å². The number of aliphatic hydroxyl groups is 7. The first-order valence-corrected chi connectivity index (χ1v) is 8.64. The molecule has 0 aromatic heterocycles. The standard InChI is InChI=1S/C11H23O9P/c12-3-5(13)1-2-21(19,20)4-6-7(14)9(16)11(18)10(17)8(6)15/h5-18H,1-4H2,(H,19,20)/t5?,6-,7-,8-,9+,10-,11-/m0/s1. The van der Waals surface area contributed by atoms with Gasteiger partial charge in [-0.3, -0.25) is 4.57 Å². The SMILES string of the molecule is O=P(O)(CCC(O)CO)C[C@@H]1[C@H](O)[C@H](O)[C@@H](O)[C@H](O)[C@H]1O. The van der Waals surface area contributed by atoms with E-state index >= 15 is 0 Å². The van der Waals surface area contributed by atoms with E-state index in [4.69, 9.17) is 10.2 Å². The highest BCUT2D eigenvalue weighted by Gasteiger charge is 2.49. The molecule has 0 heterocycles. The molecular formula is C11H23O9P. The van der Waals surface area contributed by atoms with Crippen molar-refractivity contribution in [2.75, 3.05) is 18.9 Å². The zero-order valence-corrected chi connectivity index (χ0v) is 12.2. The highest BCUT2D eigenvalue weighted by molar-refractivity contribution is 7.58. The predicted molar refractivity (Wildman–Crippen MR) is 70.8 cm³/mol. The highest BCUT2D eigenvalue weighted by atomic mass is 31.2. The molecule has 0 aromatic carbocycles. The summed E-state index contributed by atoms with van der Waals surface area (Å²) in [7, 11) is -3.87. The van der Waals surface area contributed by atoms with Crippen LogP contribution in [0.3, 0.4) is 0 Å². The first-order valence-electron chi connectivity index (χ1n) is 6.61. The molecule has 2 unspecified atom stereocenters. The molecule has 0 amide bonds. The van der Waals surface area contributed by atoms with Crippen LogP contribution in [0.1, 0.15) is 6.42 Å². The fraction of sp³-hybridized carbons (Fsp3) is 1.00. The van der Waals surface area contributed by atoms with Crippen molar-refractivity contribution < 1.29 is 45.2 Å². The lowest BCUT2D eigenvalue weighted by Crippen LogP contribution is -2.61. The Morgan fingerprint density at radius 3 is 1.76 bits per heavy atom. The van der Waals surface area contributed by atoms with Crippen LogP contribution >= 0.6 is 7.37 Å².